The predicted molar refractivity (Wildman–Crippen MR) is 111 cm³/mol. The van der Waals surface area contributed by atoms with Crippen LogP contribution in [0, 0.1) is 19.3 Å². The van der Waals surface area contributed by atoms with Crippen LogP contribution >= 0.6 is 0 Å². The van der Waals surface area contributed by atoms with Gasteiger partial charge in [0.1, 0.15) is 24.7 Å². The Morgan fingerprint density at radius 1 is 1.00 bits per heavy atom. The van der Waals surface area contributed by atoms with E-state index in [2.05, 4.69) is 31.8 Å². The molecule has 1 N–H and O–H groups in total. The van der Waals surface area contributed by atoms with Gasteiger partial charge in [0, 0.05) is 6.07 Å². The van der Waals surface area contributed by atoms with E-state index in [0.29, 0.717) is 13.2 Å². The molecule has 0 fully saturated rings. The molecule has 0 aliphatic heterocycles. The number of ether oxygens (including phenoxy) is 2. The van der Waals surface area contributed by atoms with Crippen LogP contribution in [0.5, 0.6) is 11.5 Å². The number of carbonyl (C=O) groups excluding carboxylic acids is 1. The molecule has 0 bridgehead atoms. The maximum absolute atomic E-state index is 8.35. The molecule has 0 radical (unpaired) electrons. The number of aliphatic imine (C=N–C) groups is 1. The Morgan fingerprint density at radius 3 is 1.96 bits per heavy atom. The average Bonchev–Trinajstić information content (AvgIpc) is 2.68. The molecule has 2 aromatic carbocycles. The summed E-state index contributed by atoms with van der Waals surface area (Å²) in [6.07, 6.45) is 4.20. The highest BCUT2D eigenvalue weighted by Crippen LogP contribution is 2.23. The first-order chi connectivity index (χ1) is 13.0. The Morgan fingerprint density at radius 2 is 1.48 bits per heavy atom. The van der Waals surface area contributed by atoms with Crippen molar-refractivity contribution in [1.29, 1.82) is 5.41 Å². The van der Waals surface area contributed by atoms with Crippen molar-refractivity contribution in [1.82, 2.24) is 0 Å². The van der Waals surface area contributed by atoms with Crippen molar-refractivity contribution < 1.29 is 14.3 Å². The van der Waals surface area contributed by atoms with Crippen molar-refractivity contribution in [2.24, 2.45) is 4.99 Å². The topological polar surface area (TPSA) is 71.7 Å². The lowest BCUT2D eigenvalue weighted by atomic mass is 10.2. The standard InChI is InChI=1S/C11H13NO.C10H12O.CHNO/c1-4-7-13-10-6-5-9(2)11(8-10)12-3;1-3-8-11-10-6-4-9(2)5-7-10;2-1-3/h4-6,8H,1,3,7H2,2H3;3-7H,1,8H2,2H3;2H. The maximum Gasteiger partial charge on any atom is 0.231 e. The summed E-state index contributed by atoms with van der Waals surface area (Å²) < 4.78 is 10.6. The molecule has 0 amide bonds. The quantitative estimate of drug-likeness (QED) is 0.408. The van der Waals surface area contributed by atoms with Gasteiger partial charge in [0.25, 0.3) is 0 Å². The monoisotopic (exact) mass is 366 g/mol. The SMILES string of the molecule is C=CCOc1ccc(C)c(N=C)c1.C=CCOc1ccc(C)cc1.N=C=O. The van der Waals surface area contributed by atoms with Gasteiger partial charge in [-0.25, -0.2) is 10.2 Å². The zero-order valence-electron chi connectivity index (χ0n) is 15.9. The van der Waals surface area contributed by atoms with Gasteiger partial charge in [-0.05, 0) is 44.3 Å². The third-order valence-corrected chi connectivity index (χ3v) is 3.11. The van der Waals surface area contributed by atoms with Crippen molar-refractivity contribution in [2.45, 2.75) is 13.8 Å². The third kappa shape index (κ3) is 10.9. The lowest BCUT2D eigenvalue weighted by Crippen LogP contribution is -1.92. The smallest absolute Gasteiger partial charge is 0.231 e. The van der Waals surface area contributed by atoms with Crippen LogP contribution in [0.2, 0.25) is 0 Å². The molecule has 27 heavy (non-hydrogen) atoms. The third-order valence-electron chi connectivity index (χ3n) is 3.11. The summed E-state index contributed by atoms with van der Waals surface area (Å²) in [5, 5.41) is 5.40. The molecular weight excluding hydrogens is 340 g/mol. The van der Waals surface area contributed by atoms with E-state index >= 15 is 0 Å². The molecular formula is C22H26N2O3. The van der Waals surface area contributed by atoms with Gasteiger partial charge in [-0.3, -0.25) is 4.99 Å². The molecule has 0 unspecified atom stereocenters. The van der Waals surface area contributed by atoms with Crippen molar-refractivity contribution in [3.05, 3.63) is 78.9 Å². The Bertz CT molecular complexity index is 747. The van der Waals surface area contributed by atoms with Crippen LogP contribution in [-0.4, -0.2) is 26.0 Å². The second kappa shape index (κ2) is 14.9. The first kappa shape index (κ1) is 23.6. The van der Waals surface area contributed by atoms with Gasteiger partial charge >= 0.3 is 0 Å². The molecule has 0 saturated heterocycles. The number of hydrogen-bond acceptors (Lipinski definition) is 5. The zero-order valence-corrected chi connectivity index (χ0v) is 15.9. The van der Waals surface area contributed by atoms with E-state index in [1.165, 1.54) is 5.56 Å². The summed E-state index contributed by atoms with van der Waals surface area (Å²) in [5.41, 5.74) is 3.21. The normalized spacial score (nSPS) is 8.52. The van der Waals surface area contributed by atoms with E-state index in [1.807, 2.05) is 49.4 Å². The van der Waals surface area contributed by atoms with E-state index in [0.717, 1.165) is 28.8 Å². The summed E-state index contributed by atoms with van der Waals surface area (Å²) in [6, 6.07) is 13.7. The van der Waals surface area contributed by atoms with Crippen LogP contribution in [0.15, 0.2) is 72.8 Å². The lowest BCUT2D eigenvalue weighted by molar-refractivity contribution is 0.363. The number of aryl methyl sites for hydroxylation is 2. The number of nitrogens with zero attached hydrogens (tertiary/aromatic N) is 1. The minimum absolute atomic E-state index is 0.514. The van der Waals surface area contributed by atoms with Crippen LogP contribution in [0.1, 0.15) is 11.1 Å². The zero-order chi connectivity index (χ0) is 20.5. The molecule has 2 rings (SSSR count). The average molecular weight is 366 g/mol. The van der Waals surface area contributed by atoms with Crippen LogP contribution in [-0.2, 0) is 4.79 Å². The summed E-state index contributed by atoms with van der Waals surface area (Å²) in [5.74, 6) is 1.70. The highest BCUT2D eigenvalue weighted by Gasteiger charge is 1.97. The number of hydrogen-bond donors (Lipinski definition) is 1. The Labute approximate surface area is 161 Å². The first-order valence-corrected chi connectivity index (χ1v) is 8.17. The predicted octanol–water partition coefficient (Wildman–Crippen LogP) is 5.35. The van der Waals surface area contributed by atoms with E-state index < -0.39 is 0 Å². The van der Waals surface area contributed by atoms with Crippen molar-refractivity contribution in [2.75, 3.05) is 13.2 Å². The van der Waals surface area contributed by atoms with Gasteiger partial charge in [-0.1, -0.05) is 49.1 Å². The summed E-state index contributed by atoms with van der Waals surface area (Å²) in [6.45, 7) is 15.8. The van der Waals surface area contributed by atoms with Gasteiger partial charge < -0.3 is 9.47 Å². The number of benzene rings is 2. The fourth-order valence-electron chi connectivity index (χ4n) is 1.79. The number of rotatable bonds is 7. The molecule has 0 atom stereocenters. The molecule has 142 valence electrons. The van der Waals surface area contributed by atoms with E-state index in [4.69, 9.17) is 19.7 Å². The van der Waals surface area contributed by atoms with Gasteiger partial charge in [-0.2, -0.15) is 0 Å². The second-order valence-electron chi connectivity index (χ2n) is 5.22. The van der Waals surface area contributed by atoms with E-state index in [1.54, 1.807) is 12.2 Å². The highest BCUT2D eigenvalue weighted by molar-refractivity contribution is 5.54. The largest absolute Gasteiger partial charge is 0.490 e. The Kier molecular flexibility index (Phi) is 13.0. The summed E-state index contributed by atoms with van der Waals surface area (Å²) in [4.78, 5) is 12.2. The molecule has 0 spiro atoms. The van der Waals surface area contributed by atoms with E-state index in [-0.39, 0.29) is 0 Å². The fraction of sp³-hybridized carbons (Fsp3) is 0.182. The molecule has 0 saturated carbocycles. The Balaban J connectivity index is 0.000000442. The van der Waals surface area contributed by atoms with Gasteiger partial charge in [-0.15, -0.1) is 0 Å². The van der Waals surface area contributed by atoms with Crippen LogP contribution in [0.3, 0.4) is 0 Å². The molecule has 0 aliphatic carbocycles. The molecule has 0 aromatic heterocycles. The van der Waals surface area contributed by atoms with E-state index in [9.17, 15) is 0 Å². The number of nitrogens with one attached hydrogen (secondary N) is 1. The molecule has 5 nitrogen and oxygen atoms in total. The van der Waals surface area contributed by atoms with Crippen molar-refractivity contribution in [3.63, 3.8) is 0 Å². The lowest BCUT2D eigenvalue weighted by Gasteiger charge is -2.05. The fourth-order valence-corrected chi connectivity index (χ4v) is 1.79. The number of isocyanates is 1. The molecule has 0 heterocycles. The maximum atomic E-state index is 8.35. The summed E-state index contributed by atoms with van der Waals surface area (Å²) >= 11 is 0. The summed E-state index contributed by atoms with van der Waals surface area (Å²) in [7, 11) is 0. The molecule has 2 aromatic rings. The Hall–Kier alpha value is -3.43. The van der Waals surface area contributed by atoms with Crippen LogP contribution in [0.4, 0.5) is 5.69 Å². The minimum Gasteiger partial charge on any atom is -0.490 e. The first-order valence-electron chi connectivity index (χ1n) is 8.17. The highest BCUT2D eigenvalue weighted by atomic mass is 16.5. The van der Waals surface area contributed by atoms with Crippen LogP contribution < -0.4 is 9.47 Å². The molecule has 5 heteroatoms. The second-order valence-corrected chi connectivity index (χ2v) is 5.22. The van der Waals surface area contributed by atoms with Gasteiger partial charge in [0.15, 0.2) is 0 Å². The van der Waals surface area contributed by atoms with Crippen LogP contribution in [0.25, 0.3) is 0 Å². The van der Waals surface area contributed by atoms with Crippen molar-refractivity contribution in [3.8, 4) is 11.5 Å². The van der Waals surface area contributed by atoms with Gasteiger partial charge in [0.2, 0.25) is 6.08 Å². The van der Waals surface area contributed by atoms with Crippen molar-refractivity contribution >= 4 is 18.5 Å². The minimum atomic E-state index is 0.514. The molecule has 0 aliphatic rings. The van der Waals surface area contributed by atoms with Gasteiger partial charge in [0.05, 0.1) is 5.69 Å².